The van der Waals surface area contributed by atoms with E-state index in [-0.39, 0.29) is 24.1 Å². The van der Waals surface area contributed by atoms with Crippen LogP contribution in [0.2, 0.25) is 0 Å². The lowest BCUT2D eigenvalue weighted by Crippen LogP contribution is -2.38. The van der Waals surface area contributed by atoms with Crippen LogP contribution in [-0.2, 0) is 4.79 Å². The molecule has 0 aliphatic heterocycles. The summed E-state index contributed by atoms with van der Waals surface area (Å²) in [4.78, 5) is 23.4. The van der Waals surface area contributed by atoms with Gasteiger partial charge in [0.2, 0.25) is 5.91 Å². The average Bonchev–Trinajstić information content (AvgIpc) is 2.75. The van der Waals surface area contributed by atoms with Crippen molar-refractivity contribution >= 4 is 17.5 Å². The van der Waals surface area contributed by atoms with E-state index < -0.39 is 5.91 Å². The molecule has 7 nitrogen and oxygen atoms in total. The van der Waals surface area contributed by atoms with Crippen LogP contribution in [0.3, 0.4) is 0 Å². The fraction of sp³-hybridized carbons (Fsp3) is 0.615. The molecule has 112 valence electrons. The van der Waals surface area contributed by atoms with Crippen molar-refractivity contribution in [3.05, 3.63) is 11.4 Å². The van der Waals surface area contributed by atoms with Gasteiger partial charge in [0.05, 0.1) is 17.9 Å². The fourth-order valence-electron chi connectivity index (χ4n) is 1.60. The Balaban J connectivity index is 2.53. The number of aromatic nitrogens is 2. The number of carbonyl (C=O) groups is 2. The van der Waals surface area contributed by atoms with Crippen LogP contribution in [0.4, 0.5) is 5.69 Å². The van der Waals surface area contributed by atoms with Gasteiger partial charge in [0.1, 0.15) is 0 Å². The zero-order chi connectivity index (χ0) is 15.3. The van der Waals surface area contributed by atoms with Crippen molar-refractivity contribution in [1.82, 2.24) is 20.8 Å². The molecule has 0 aromatic carbocycles. The summed E-state index contributed by atoms with van der Waals surface area (Å²) < 4.78 is 0. The number of aromatic amines is 1. The van der Waals surface area contributed by atoms with Crippen LogP contribution in [0.15, 0.2) is 0 Å². The van der Waals surface area contributed by atoms with Crippen LogP contribution < -0.4 is 16.4 Å². The van der Waals surface area contributed by atoms with Gasteiger partial charge in [0.25, 0.3) is 5.91 Å². The first kappa shape index (κ1) is 16.0. The molecular weight excluding hydrogens is 258 g/mol. The molecule has 1 rings (SSSR count). The molecule has 1 aromatic rings. The van der Waals surface area contributed by atoms with Crippen molar-refractivity contribution in [2.24, 2.45) is 5.92 Å². The lowest BCUT2D eigenvalue weighted by atomic mass is 10.1. The largest absolute Gasteiger partial charge is 0.395 e. The first-order valence-electron chi connectivity index (χ1n) is 6.71. The molecular formula is C13H23N5O2. The maximum Gasteiger partial charge on any atom is 0.274 e. The van der Waals surface area contributed by atoms with Crippen molar-refractivity contribution in [2.75, 3.05) is 18.8 Å². The Bertz CT molecular complexity index is 479. The summed E-state index contributed by atoms with van der Waals surface area (Å²) in [7, 11) is 0. The Morgan fingerprint density at radius 1 is 1.25 bits per heavy atom. The second-order valence-electron chi connectivity index (χ2n) is 5.43. The molecule has 0 bridgehead atoms. The van der Waals surface area contributed by atoms with E-state index in [0.717, 1.165) is 5.69 Å². The molecule has 7 heteroatoms. The van der Waals surface area contributed by atoms with Gasteiger partial charge in [-0.15, -0.1) is 0 Å². The average molecular weight is 281 g/mol. The van der Waals surface area contributed by atoms with Crippen LogP contribution in [0, 0.1) is 5.92 Å². The normalized spacial score (nSPS) is 10.9. The minimum atomic E-state index is -0.453. The van der Waals surface area contributed by atoms with E-state index in [1.54, 1.807) is 0 Å². The van der Waals surface area contributed by atoms with Gasteiger partial charge >= 0.3 is 0 Å². The van der Waals surface area contributed by atoms with Gasteiger partial charge in [0, 0.05) is 6.54 Å². The summed E-state index contributed by atoms with van der Waals surface area (Å²) >= 11 is 0. The Labute approximate surface area is 118 Å². The number of hydrogen-bond donors (Lipinski definition) is 4. The molecule has 0 radical (unpaired) electrons. The van der Waals surface area contributed by atoms with E-state index in [2.05, 4.69) is 20.8 Å². The van der Waals surface area contributed by atoms with E-state index in [1.165, 1.54) is 0 Å². The molecule has 0 aliphatic carbocycles. The number of carbonyl (C=O) groups excluding carboxylic acids is 2. The van der Waals surface area contributed by atoms with Crippen molar-refractivity contribution in [3.63, 3.8) is 0 Å². The summed E-state index contributed by atoms with van der Waals surface area (Å²) in [6.45, 7) is 8.38. The molecule has 5 N–H and O–H groups in total. The topological polar surface area (TPSA) is 113 Å². The standard InChI is InChI=1S/C13H23N5O2/c1-7(2)5-15-9(19)6-16-13(20)12-10(14)11(8(3)4)17-18-12/h7-8H,5-6,14H2,1-4H3,(H,15,19)(H,16,20)(H,17,18). The molecule has 0 fully saturated rings. The highest BCUT2D eigenvalue weighted by atomic mass is 16.2. The summed E-state index contributed by atoms with van der Waals surface area (Å²) in [5.41, 5.74) is 7.04. The monoisotopic (exact) mass is 281 g/mol. The van der Waals surface area contributed by atoms with Gasteiger partial charge in [0.15, 0.2) is 5.69 Å². The zero-order valence-electron chi connectivity index (χ0n) is 12.4. The van der Waals surface area contributed by atoms with E-state index in [4.69, 9.17) is 5.73 Å². The van der Waals surface area contributed by atoms with Crippen molar-refractivity contribution < 1.29 is 9.59 Å². The van der Waals surface area contributed by atoms with Gasteiger partial charge < -0.3 is 16.4 Å². The lowest BCUT2D eigenvalue weighted by Gasteiger charge is -2.08. The third kappa shape index (κ3) is 4.25. The second kappa shape index (κ2) is 6.93. The molecule has 2 amide bonds. The molecule has 0 atom stereocenters. The highest BCUT2D eigenvalue weighted by Crippen LogP contribution is 2.21. The summed E-state index contributed by atoms with van der Waals surface area (Å²) in [5, 5.41) is 11.9. The number of nitrogens with two attached hydrogens (primary N) is 1. The number of hydrogen-bond acceptors (Lipinski definition) is 4. The lowest BCUT2D eigenvalue weighted by molar-refractivity contribution is -0.120. The summed E-state index contributed by atoms with van der Waals surface area (Å²) in [6, 6.07) is 0. The quantitative estimate of drug-likeness (QED) is 0.612. The Morgan fingerprint density at radius 3 is 2.40 bits per heavy atom. The molecule has 0 unspecified atom stereocenters. The SMILES string of the molecule is CC(C)CNC(=O)CNC(=O)c1n[nH]c(C(C)C)c1N. The molecule has 0 spiro atoms. The number of rotatable bonds is 6. The van der Waals surface area contributed by atoms with E-state index in [1.807, 2.05) is 27.7 Å². The number of nitrogens with zero attached hydrogens (tertiary/aromatic N) is 1. The van der Waals surface area contributed by atoms with Crippen molar-refractivity contribution in [1.29, 1.82) is 0 Å². The molecule has 0 saturated carbocycles. The van der Waals surface area contributed by atoms with Crippen LogP contribution in [0.1, 0.15) is 49.8 Å². The molecule has 0 aliphatic rings. The first-order chi connectivity index (χ1) is 9.32. The molecule has 0 saturated heterocycles. The fourth-order valence-corrected chi connectivity index (χ4v) is 1.60. The highest BCUT2D eigenvalue weighted by Gasteiger charge is 2.19. The van der Waals surface area contributed by atoms with Crippen molar-refractivity contribution in [2.45, 2.75) is 33.6 Å². The van der Waals surface area contributed by atoms with Crippen LogP contribution >= 0.6 is 0 Å². The predicted octanol–water partition coefficient (Wildman–Crippen LogP) is 0.617. The van der Waals surface area contributed by atoms with E-state index >= 15 is 0 Å². The maximum absolute atomic E-state index is 11.9. The Hall–Kier alpha value is -2.05. The number of anilines is 1. The highest BCUT2D eigenvalue weighted by molar-refractivity contribution is 5.99. The third-order valence-corrected chi connectivity index (χ3v) is 2.74. The van der Waals surface area contributed by atoms with Gasteiger partial charge in [-0.1, -0.05) is 27.7 Å². The Morgan fingerprint density at radius 2 is 1.90 bits per heavy atom. The van der Waals surface area contributed by atoms with Crippen LogP contribution in [0.5, 0.6) is 0 Å². The molecule has 1 heterocycles. The second-order valence-corrected chi connectivity index (χ2v) is 5.43. The van der Waals surface area contributed by atoms with E-state index in [0.29, 0.717) is 18.2 Å². The zero-order valence-corrected chi connectivity index (χ0v) is 12.4. The number of nitrogens with one attached hydrogen (secondary N) is 3. The minimum Gasteiger partial charge on any atom is -0.395 e. The first-order valence-corrected chi connectivity index (χ1v) is 6.71. The third-order valence-electron chi connectivity index (χ3n) is 2.74. The Kier molecular flexibility index (Phi) is 5.54. The number of nitrogen functional groups attached to an aromatic ring is 1. The van der Waals surface area contributed by atoms with Gasteiger partial charge in [-0.25, -0.2) is 0 Å². The predicted molar refractivity (Wildman–Crippen MR) is 77.3 cm³/mol. The summed E-state index contributed by atoms with van der Waals surface area (Å²) in [5.74, 6) is -0.167. The minimum absolute atomic E-state index is 0.0884. The van der Waals surface area contributed by atoms with Crippen molar-refractivity contribution in [3.8, 4) is 0 Å². The van der Waals surface area contributed by atoms with Gasteiger partial charge in [-0.05, 0) is 11.8 Å². The molecule has 1 aromatic heterocycles. The molecule has 20 heavy (non-hydrogen) atoms. The number of H-pyrrole nitrogens is 1. The number of amides is 2. The van der Waals surface area contributed by atoms with Crippen LogP contribution in [-0.4, -0.2) is 35.1 Å². The summed E-state index contributed by atoms with van der Waals surface area (Å²) in [6.07, 6.45) is 0. The maximum atomic E-state index is 11.9. The van der Waals surface area contributed by atoms with E-state index in [9.17, 15) is 9.59 Å². The van der Waals surface area contributed by atoms with Gasteiger partial charge in [-0.2, -0.15) is 5.10 Å². The van der Waals surface area contributed by atoms with Gasteiger partial charge in [-0.3, -0.25) is 14.7 Å². The smallest absolute Gasteiger partial charge is 0.274 e. The van der Waals surface area contributed by atoms with Crippen LogP contribution in [0.25, 0.3) is 0 Å².